The molecule has 0 saturated carbocycles. The summed E-state index contributed by atoms with van der Waals surface area (Å²) in [6, 6.07) is 8.00. The minimum atomic E-state index is -0.476. The minimum Gasteiger partial charge on any atom is -0.348 e. The second kappa shape index (κ2) is 6.71. The molecule has 1 aromatic rings. The molecule has 106 valence electrons. The van der Waals surface area contributed by atoms with Crippen LogP contribution in [-0.2, 0) is 4.79 Å². The van der Waals surface area contributed by atoms with Gasteiger partial charge in [-0.05, 0) is 29.9 Å². The lowest BCUT2D eigenvalue weighted by molar-refractivity contribution is -0.123. The number of carbonyl (C=O) groups is 1. The first-order valence-electron chi connectivity index (χ1n) is 6.98. The van der Waals surface area contributed by atoms with Crippen LogP contribution in [0, 0.1) is 5.92 Å². The Morgan fingerprint density at radius 1 is 1.00 bits per heavy atom. The standard InChI is InChI=1S/C16H26N2O/c1-10(2)13-6-8-14(9-7-13)15(11(3)4)18-16(19)12(5)17/h6-12,15H,17H2,1-5H3,(H,18,19)/t12-,15?/m1/s1. The zero-order valence-corrected chi connectivity index (χ0v) is 12.6. The van der Waals surface area contributed by atoms with Gasteiger partial charge in [-0.15, -0.1) is 0 Å². The molecule has 0 heterocycles. The summed E-state index contributed by atoms with van der Waals surface area (Å²) in [6.07, 6.45) is 0. The van der Waals surface area contributed by atoms with E-state index in [4.69, 9.17) is 5.73 Å². The van der Waals surface area contributed by atoms with Crippen molar-refractivity contribution in [3.8, 4) is 0 Å². The highest BCUT2D eigenvalue weighted by molar-refractivity contribution is 5.81. The molecule has 0 aromatic heterocycles. The van der Waals surface area contributed by atoms with E-state index in [1.54, 1.807) is 6.92 Å². The molecule has 0 aliphatic heterocycles. The first-order valence-corrected chi connectivity index (χ1v) is 6.98. The third kappa shape index (κ3) is 4.35. The van der Waals surface area contributed by atoms with Crippen molar-refractivity contribution in [2.75, 3.05) is 0 Å². The second-order valence-electron chi connectivity index (χ2n) is 5.84. The van der Waals surface area contributed by atoms with E-state index in [1.807, 2.05) is 0 Å². The molecule has 19 heavy (non-hydrogen) atoms. The van der Waals surface area contributed by atoms with Gasteiger partial charge in [0, 0.05) is 0 Å². The Kier molecular flexibility index (Phi) is 5.55. The molecule has 1 aromatic carbocycles. The summed E-state index contributed by atoms with van der Waals surface area (Å²) in [5.41, 5.74) is 8.06. The Balaban J connectivity index is 2.90. The van der Waals surface area contributed by atoms with Gasteiger partial charge in [-0.2, -0.15) is 0 Å². The fraction of sp³-hybridized carbons (Fsp3) is 0.562. The summed E-state index contributed by atoms with van der Waals surface area (Å²) in [5, 5.41) is 3.02. The molecular weight excluding hydrogens is 236 g/mol. The Bertz CT molecular complexity index is 407. The maximum Gasteiger partial charge on any atom is 0.237 e. The summed E-state index contributed by atoms with van der Waals surface area (Å²) in [4.78, 5) is 11.8. The summed E-state index contributed by atoms with van der Waals surface area (Å²) in [6.45, 7) is 10.2. The van der Waals surface area contributed by atoms with Crippen molar-refractivity contribution in [2.24, 2.45) is 11.7 Å². The quantitative estimate of drug-likeness (QED) is 0.857. The highest BCUT2D eigenvalue weighted by Crippen LogP contribution is 2.24. The van der Waals surface area contributed by atoms with Gasteiger partial charge in [-0.25, -0.2) is 0 Å². The van der Waals surface area contributed by atoms with Crippen LogP contribution >= 0.6 is 0 Å². The van der Waals surface area contributed by atoms with Gasteiger partial charge in [0.2, 0.25) is 5.91 Å². The van der Waals surface area contributed by atoms with Crippen molar-refractivity contribution in [1.29, 1.82) is 0 Å². The molecule has 1 unspecified atom stereocenters. The maximum absolute atomic E-state index is 11.8. The zero-order chi connectivity index (χ0) is 14.6. The Morgan fingerprint density at radius 3 is 1.84 bits per heavy atom. The number of amides is 1. The molecule has 3 N–H and O–H groups in total. The summed E-state index contributed by atoms with van der Waals surface area (Å²) >= 11 is 0. The number of carbonyl (C=O) groups excluding carboxylic acids is 1. The van der Waals surface area contributed by atoms with Crippen LogP contribution in [0.3, 0.4) is 0 Å². The lowest BCUT2D eigenvalue weighted by atomic mass is 9.93. The summed E-state index contributed by atoms with van der Waals surface area (Å²) in [7, 11) is 0. The molecule has 1 rings (SSSR count). The highest BCUT2D eigenvalue weighted by Gasteiger charge is 2.19. The molecule has 0 aliphatic rings. The molecule has 3 heteroatoms. The van der Waals surface area contributed by atoms with Crippen molar-refractivity contribution in [3.63, 3.8) is 0 Å². The van der Waals surface area contributed by atoms with Gasteiger partial charge in [-0.1, -0.05) is 52.0 Å². The van der Waals surface area contributed by atoms with Crippen molar-refractivity contribution >= 4 is 5.91 Å². The Morgan fingerprint density at radius 2 is 1.47 bits per heavy atom. The number of nitrogens with two attached hydrogens (primary N) is 1. The minimum absolute atomic E-state index is 0.0136. The molecule has 0 fully saturated rings. The van der Waals surface area contributed by atoms with E-state index in [-0.39, 0.29) is 11.9 Å². The van der Waals surface area contributed by atoms with E-state index in [0.29, 0.717) is 11.8 Å². The molecule has 0 bridgehead atoms. The van der Waals surface area contributed by atoms with E-state index >= 15 is 0 Å². The fourth-order valence-electron chi connectivity index (χ4n) is 2.01. The second-order valence-corrected chi connectivity index (χ2v) is 5.84. The molecule has 1 amide bonds. The zero-order valence-electron chi connectivity index (χ0n) is 12.6. The van der Waals surface area contributed by atoms with Crippen LogP contribution in [0.5, 0.6) is 0 Å². The Hall–Kier alpha value is -1.35. The third-order valence-electron chi connectivity index (χ3n) is 3.34. The average Bonchev–Trinajstić information content (AvgIpc) is 2.35. The van der Waals surface area contributed by atoms with Gasteiger partial charge < -0.3 is 11.1 Å². The van der Waals surface area contributed by atoms with Crippen LogP contribution in [0.25, 0.3) is 0 Å². The SMILES string of the molecule is CC(C)c1ccc(C(NC(=O)[C@@H](C)N)C(C)C)cc1. The van der Waals surface area contributed by atoms with E-state index in [1.165, 1.54) is 5.56 Å². The molecule has 3 nitrogen and oxygen atoms in total. The normalized spacial score (nSPS) is 14.5. The van der Waals surface area contributed by atoms with Crippen LogP contribution in [0.1, 0.15) is 57.7 Å². The van der Waals surface area contributed by atoms with Crippen molar-refractivity contribution in [1.82, 2.24) is 5.32 Å². The van der Waals surface area contributed by atoms with E-state index < -0.39 is 6.04 Å². The van der Waals surface area contributed by atoms with Gasteiger partial charge in [-0.3, -0.25) is 4.79 Å². The first-order chi connectivity index (χ1) is 8.82. The van der Waals surface area contributed by atoms with Crippen molar-refractivity contribution in [3.05, 3.63) is 35.4 Å². The topological polar surface area (TPSA) is 55.1 Å². The summed E-state index contributed by atoms with van der Waals surface area (Å²) in [5.74, 6) is 0.740. The monoisotopic (exact) mass is 262 g/mol. The number of benzene rings is 1. The molecular formula is C16H26N2O. The number of rotatable bonds is 5. The van der Waals surface area contributed by atoms with Gasteiger partial charge in [0.05, 0.1) is 12.1 Å². The van der Waals surface area contributed by atoms with Crippen LogP contribution in [0.15, 0.2) is 24.3 Å². The number of hydrogen-bond donors (Lipinski definition) is 2. The first kappa shape index (κ1) is 15.7. The van der Waals surface area contributed by atoms with Crippen LogP contribution in [0.2, 0.25) is 0 Å². The van der Waals surface area contributed by atoms with Gasteiger partial charge in [0.15, 0.2) is 0 Å². The van der Waals surface area contributed by atoms with Gasteiger partial charge in [0.25, 0.3) is 0 Å². The average molecular weight is 262 g/mol. The molecule has 0 aliphatic carbocycles. The van der Waals surface area contributed by atoms with Crippen molar-refractivity contribution < 1.29 is 4.79 Å². The Labute approximate surface area is 116 Å². The number of nitrogens with one attached hydrogen (secondary N) is 1. The van der Waals surface area contributed by atoms with Crippen LogP contribution in [-0.4, -0.2) is 11.9 Å². The predicted octanol–water partition coefficient (Wildman–Crippen LogP) is 2.97. The third-order valence-corrected chi connectivity index (χ3v) is 3.34. The lowest BCUT2D eigenvalue weighted by Crippen LogP contribution is -2.41. The number of hydrogen-bond acceptors (Lipinski definition) is 2. The van der Waals surface area contributed by atoms with E-state index in [9.17, 15) is 4.79 Å². The van der Waals surface area contributed by atoms with Crippen molar-refractivity contribution in [2.45, 2.75) is 52.6 Å². The predicted molar refractivity (Wildman–Crippen MR) is 79.9 cm³/mol. The van der Waals surface area contributed by atoms with Gasteiger partial charge >= 0.3 is 0 Å². The van der Waals surface area contributed by atoms with E-state index in [0.717, 1.165) is 5.56 Å². The smallest absolute Gasteiger partial charge is 0.237 e. The van der Waals surface area contributed by atoms with Crippen LogP contribution < -0.4 is 11.1 Å². The maximum atomic E-state index is 11.8. The molecule has 0 saturated heterocycles. The highest BCUT2D eigenvalue weighted by atomic mass is 16.2. The molecule has 0 radical (unpaired) electrons. The molecule has 2 atom stereocenters. The fourth-order valence-corrected chi connectivity index (χ4v) is 2.01. The largest absolute Gasteiger partial charge is 0.348 e. The van der Waals surface area contributed by atoms with Crippen LogP contribution in [0.4, 0.5) is 0 Å². The lowest BCUT2D eigenvalue weighted by Gasteiger charge is -2.24. The van der Waals surface area contributed by atoms with E-state index in [2.05, 4.69) is 57.3 Å². The summed E-state index contributed by atoms with van der Waals surface area (Å²) < 4.78 is 0. The molecule has 0 spiro atoms. The van der Waals surface area contributed by atoms with Gasteiger partial charge in [0.1, 0.15) is 0 Å².